The SMILES string of the molecule is CC(C)C(C[C@@H](O)[C@](C)(O)[C@H]1CC[C@@]2(O)C3=CC(=O)[C@@H]4C[C@@H](O)[C@@H](O)C[C@]4(C)[C@H]3CC[C@]12C)C(C)O. The van der Waals surface area contributed by atoms with Crippen molar-refractivity contribution >= 4 is 5.78 Å². The van der Waals surface area contributed by atoms with E-state index in [9.17, 15) is 35.4 Å². The molecule has 0 aliphatic heterocycles. The molecule has 7 heteroatoms. The van der Waals surface area contributed by atoms with Gasteiger partial charge in [-0.05, 0) is 99.5 Å². The van der Waals surface area contributed by atoms with Gasteiger partial charge in [0.05, 0.1) is 35.6 Å². The van der Waals surface area contributed by atoms with E-state index in [1.54, 1.807) is 19.9 Å². The van der Waals surface area contributed by atoms with Crippen molar-refractivity contribution in [2.24, 2.45) is 40.4 Å². The van der Waals surface area contributed by atoms with Gasteiger partial charge in [0.15, 0.2) is 5.78 Å². The predicted molar refractivity (Wildman–Crippen MR) is 136 cm³/mol. The molecule has 0 radical (unpaired) electrons. The van der Waals surface area contributed by atoms with E-state index in [1.165, 1.54) is 0 Å². The van der Waals surface area contributed by atoms with E-state index >= 15 is 0 Å². The van der Waals surface area contributed by atoms with Gasteiger partial charge in [-0.15, -0.1) is 0 Å². The fourth-order valence-corrected chi connectivity index (χ4v) is 9.06. The van der Waals surface area contributed by atoms with Crippen LogP contribution in [0.3, 0.4) is 0 Å². The lowest BCUT2D eigenvalue weighted by Crippen LogP contribution is -2.63. The molecular weight excluding hydrogens is 460 g/mol. The second-order valence-electron chi connectivity index (χ2n) is 13.7. The minimum absolute atomic E-state index is 0.0883. The average molecular weight is 509 g/mol. The van der Waals surface area contributed by atoms with Crippen LogP contribution in [0, 0.1) is 40.4 Å². The predicted octanol–water partition coefficient (Wildman–Crippen LogP) is 2.35. The molecule has 0 bridgehead atoms. The number of fused-ring (bicyclic) bond motifs is 5. The summed E-state index contributed by atoms with van der Waals surface area (Å²) in [4.78, 5) is 13.3. The number of carbonyl (C=O) groups excluding carboxylic acids is 1. The zero-order valence-corrected chi connectivity index (χ0v) is 22.8. The third kappa shape index (κ3) is 3.95. The summed E-state index contributed by atoms with van der Waals surface area (Å²) in [6.45, 7) is 11.4. The number of allylic oxidation sites excluding steroid dienone is 1. The molecule has 36 heavy (non-hydrogen) atoms. The third-order valence-electron chi connectivity index (χ3n) is 11.5. The molecule has 2 unspecified atom stereocenters. The van der Waals surface area contributed by atoms with Crippen LogP contribution >= 0.6 is 0 Å². The molecular formula is C29H48O7. The standard InChI is InChI=1S/C29H48O7/c1-15(2)17(16(3)30)11-25(34)28(6,35)24-8-10-29(36)19-12-21(31)20-13-22(32)23(33)14-26(20,4)18(19)7-9-27(24,29)5/h12,15-18,20,22-25,30,32-36H,7-11,13-14H2,1-6H3/t16?,17?,18-,20-,22+,23-,24-,25+,26+,27+,28+,29+/m0/s1. The molecule has 7 nitrogen and oxygen atoms in total. The first-order chi connectivity index (χ1) is 16.5. The van der Waals surface area contributed by atoms with Crippen molar-refractivity contribution in [2.45, 2.75) is 122 Å². The average Bonchev–Trinajstić information content (AvgIpc) is 3.05. The fraction of sp³-hybridized carbons (Fsp3) is 0.897. The number of carbonyl (C=O) groups is 1. The maximum atomic E-state index is 13.3. The largest absolute Gasteiger partial charge is 0.393 e. The molecule has 3 fully saturated rings. The quantitative estimate of drug-likeness (QED) is 0.324. The Kier molecular flexibility index (Phi) is 7.15. The van der Waals surface area contributed by atoms with Gasteiger partial charge in [-0.2, -0.15) is 0 Å². The first kappa shape index (κ1) is 28.2. The molecule has 0 aromatic rings. The van der Waals surface area contributed by atoms with Crippen LogP contribution in [0.25, 0.3) is 0 Å². The molecule has 0 spiro atoms. The highest BCUT2D eigenvalue weighted by molar-refractivity contribution is 5.95. The van der Waals surface area contributed by atoms with E-state index in [0.717, 1.165) is 0 Å². The number of hydrogen-bond donors (Lipinski definition) is 6. The Labute approximate surface area is 215 Å². The first-order valence-electron chi connectivity index (χ1n) is 13.9. The van der Waals surface area contributed by atoms with Crippen LogP contribution in [-0.2, 0) is 4.79 Å². The van der Waals surface area contributed by atoms with Crippen LogP contribution in [0.1, 0.15) is 86.5 Å². The van der Waals surface area contributed by atoms with Crippen molar-refractivity contribution in [1.29, 1.82) is 0 Å². The van der Waals surface area contributed by atoms with Crippen LogP contribution in [-0.4, -0.2) is 72.0 Å². The molecule has 4 aliphatic rings. The number of ketones is 1. The molecule has 4 rings (SSSR count). The van der Waals surface area contributed by atoms with Gasteiger partial charge in [-0.25, -0.2) is 0 Å². The Bertz CT molecular complexity index is 888. The summed E-state index contributed by atoms with van der Waals surface area (Å²) in [5, 5.41) is 66.3. The second kappa shape index (κ2) is 9.13. The topological polar surface area (TPSA) is 138 Å². The molecule has 0 amide bonds. The number of rotatable bonds is 6. The first-order valence-corrected chi connectivity index (χ1v) is 13.9. The molecule has 3 saturated carbocycles. The summed E-state index contributed by atoms with van der Waals surface area (Å²) in [6, 6.07) is 0. The summed E-state index contributed by atoms with van der Waals surface area (Å²) in [5.74, 6) is -0.993. The lowest BCUT2D eigenvalue weighted by Gasteiger charge is -2.60. The maximum absolute atomic E-state index is 13.3. The van der Waals surface area contributed by atoms with Gasteiger partial charge in [0.25, 0.3) is 0 Å². The molecule has 0 heterocycles. The van der Waals surface area contributed by atoms with Gasteiger partial charge in [-0.1, -0.05) is 27.7 Å². The van der Waals surface area contributed by atoms with Crippen LogP contribution in [0.15, 0.2) is 11.6 Å². The molecule has 0 aromatic carbocycles. The van der Waals surface area contributed by atoms with E-state index < -0.39 is 52.4 Å². The van der Waals surface area contributed by atoms with E-state index in [1.807, 2.05) is 27.7 Å². The maximum Gasteiger partial charge on any atom is 0.159 e. The van der Waals surface area contributed by atoms with Gasteiger partial charge in [0, 0.05) is 11.3 Å². The number of hydrogen-bond acceptors (Lipinski definition) is 7. The molecule has 6 N–H and O–H groups in total. The van der Waals surface area contributed by atoms with Crippen molar-refractivity contribution < 1.29 is 35.4 Å². The molecule has 0 saturated heterocycles. The lowest BCUT2D eigenvalue weighted by molar-refractivity contribution is -0.179. The monoisotopic (exact) mass is 508 g/mol. The minimum Gasteiger partial charge on any atom is -0.393 e. The van der Waals surface area contributed by atoms with Crippen molar-refractivity contribution in [3.63, 3.8) is 0 Å². The highest BCUT2D eigenvalue weighted by Gasteiger charge is 2.69. The third-order valence-corrected chi connectivity index (χ3v) is 11.5. The smallest absolute Gasteiger partial charge is 0.159 e. The zero-order valence-electron chi connectivity index (χ0n) is 22.8. The van der Waals surface area contributed by atoms with Crippen molar-refractivity contribution in [3.8, 4) is 0 Å². The normalized spacial score (nSPS) is 46.8. The Morgan fingerprint density at radius 3 is 2.28 bits per heavy atom. The van der Waals surface area contributed by atoms with Crippen molar-refractivity contribution in [1.82, 2.24) is 0 Å². The summed E-state index contributed by atoms with van der Waals surface area (Å²) < 4.78 is 0. The lowest BCUT2D eigenvalue weighted by atomic mass is 9.45. The number of aliphatic hydroxyl groups excluding tert-OH is 4. The highest BCUT2D eigenvalue weighted by Crippen LogP contribution is 2.68. The van der Waals surface area contributed by atoms with E-state index in [4.69, 9.17) is 0 Å². The fourth-order valence-electron chi connectivity index (χ4n) is 9.06. The molecule has 4 aliphatic carbocycles. The van der Waals surface area contributed by atoms with Crippen LogP contribution in [0.4, 0.5) is 0 Å². The van der Waals surface area contributed by atoms with Gasteiger partial charge in [0.2, 0.25) is 0 Å². The van der Waals surface area contributed by atoms with Crippen molar-refractivity contribution in [3.05, 3.63) is 11.6 Å². The molecule has 206 valence electrons. The molecule has 12 atom stereocenters. The van der Waals surface area contributed by atoms with Gasteiger partial charge in [-0.3, -0.25) is 4.79 Å². The van der Waals surface area contributed by atoms with Gasteiger partial charge < -0.3 is 30.6 Å². The summed E-state index contributed by atoms with van der Waals surface area (Å²) in [7, 11) is 0. The Morgan fingerprint density at radius 2 is 1.69 bits per heavy atom. The summed E-state index contributed by atoms with van der Waals surface area (Å²) >= 11 is 0. The van der Waals surface area contributed by atoms with E-state index in [2.05, 4.69) is 0 Å². The number of aliphatic hydroxyl groups is 6. The summed E-state index contributed by atoms with van der Waals surface area (Å²) in [6.07, 6.45) is 1.16. The van der Waals surface area contributed by atoms with Gasteiger partial charge >= 0.3 is 0 Å². The van der Waals surface area contributed by atoms with Crippen LogP contribution in [0.5, 0.6) is 0 Å². The zero-order chi connectivity index (χ0) is 27.0. The summed E-state index contributed by atoms with van der Waals surface area (Å²) in [5.41, 5.74) is -3.35. The van der Waals surface area contributed by atoms with E-state index in [0.29, 0.717) is 37.7 Å². The van der Waals surface area contributed by atoms with E-state index in [-0.39, 0.29) is 42.3 Å². The Morgan fingerprint density at radius 1 is 1.06 bits per heavy atom. The highest BCUT2D eigenvalue weighted by atomic mass is 16.3. The minimum atomic E-state index is -1.48. The van der Waals surface area contributed by atoms with Crippen LogP contribution in [0.2, 0.25) is 0 Å². The Balaban J connectivity index is 1.66. The van der Waals surface area contributed by atoms with Crippen molar-refractivity contribution in [2.75, 3.05) is 0 Å². The van der Waals surface area contributed by atoms with Crippen LogP contribution < -0.4 is 0 Å². The molecule has 0 aromatic heterocycles. The Hall–Kier alpha value is -0.830. The second-order valence-corrected chi connectivity index (χ2v) is 13.7. The van der Waals surface area contributed by atoms with Gasteiger partial charge in [0.1, 0.15) is 0 Å².